The number of carbonyl (C=O) groups excluding carboxylic acids is 1. The van der Waals surface area contributed by atoms with Gasteiger partial charge in [-0.2, -0.15) is 0 Å². The van der Waals surface area contributed by atoms with Crippen LogP contribution in [0.2, 0.25) is 0 Å². The number of hydrogen-bond donors (Lipinski definition) is 1. The SMILES string of the molecule is NC(=O)c1cccc2c1CC(F)(Cc1ccccc1)N2c1ccccn1. The summed E-state index contributed by atoms with van der Waals surface area (Å²) in [6, 6.07) is 20.0. The van der Waals surface area contributed by atoms with Gasteiger partial charge < -0.3 is 5.73 Å². The normalized spacial score (nSPS) is 18.6. The van der Waals surface area contributed by atoms with Crippen molar-refractivity contribution in [1.82, 2.24) is 4.98 Å². The molecular formula is C21H18FN3O. The minimum Gasteiger partial charge on any atom is -0.366 e. The Hall–Kier alpha value is -3.21. The Morgan fingerprint density at radius 3 is 2.54 bits per heavy atom. The molecule has 1 amide bonds. The number of pyridine rings is 1. The summed E-state index contributed by atoms with van der Waals surface area (Å²) < 4.78 is 16.3. The summed E-state index contributed by atoms with van der Waals surface area (Å²) in [4.78, 5) is 17.8. The lowest BCUT2D eigenvalue weighted by atomic mass is 9.97. The van der Waals surface area contributed by atoms with Crippen molar-refractivity contribution in [2.75, 3.05) is 4.90 Å². The van der Waals surface area contributed by atoms with Gasteiger partial charge in [0.1, 0.15) is 5.82 Å². The molecule has 2 N–H and O–H groups in total. The number of anilines is 2. The summed E-state index contributed by atoms with van der Waals surface area (Å²) in [5.41, 5.74) is 8.02. The quantitative estimate of drug-likeness (QED) is 0.731. The van der Waals surface area contributed by atoms with Gasteiger partial charge >= 0.3 is 0 Å². The van der Waals surface area contributed by atoms with Gasteiger partial charge in [0.05, 0.1) is 0 Å². The fraction of sp³-hybridized carbons (Fsp3) is 0.143. The summed E-state index contributed by atoms with van der Waals surface area (Å²) >= 11 is 0. The Kier molecular flexibility index (Phi) is 3.92. The molecule has 130 valence electrons. The van der Waals surface area contributed by atoms with Gasteiger partial charge in [0, 0.05) is 30.3 Å². The highest BCUT2D eigenvalue weighted by Crippen LogP contribution is 2.47. The highest BCUT2D eigenvalue weighted by Gasteiger charge is 2.47. The number of fused-ring (bicyclic) bond motifs is 1. The van der Waals surface area contributed by atoms with Crippen molar-refractivity contribution in [3.8, 4) is 0 Å². The van der Waals surface area contributed by atoms with Gasteiger partial charge in [-0.05, 0) is 35.4 Å². The molecule has 1 aromatic heterocycles. The van der Waals surface area contributed by atoms with Crippen molar-refractivity contribution in [2.24, 2.45) is 5.73 Å². The van der Waals surface area contributed by atoms with Gasteiger partial charge in [0.25, 0.3) is 0 Å². The Labute approximate surface area is 151 Å². The van der Waals surface area contributed by atoms with E-state index in [1.165, 1.54) is 0 Å². The third kappa shape index (κ3) is 2.71. The average molecular weight is 347 g/mol. The maximum absolute atomic E-state index is 16.3. The van der Waals surface area contributed by atoms with Crippen LogP contribution in [0.1, 0.15) is 21.5 Å². The van der Waals surface area contributed by atoms with Crippen LogP contribution in [-0.4, -0.2) is 16.7 Å². The molecule has 1 atom stereocenters. The number of rotatable bonds is 4. The van der Waals surface area contributed by atoms with E-state index in [0.717, 1.165) is 5.56 Å². The molecule has 1 unspecified atom stereocenters. The Balaban J connectivity index is 1.86. The number of primary amides is 1. The van der Waals surface area contributed by atoms with Crippen LogP contribution in [-0.2, 0) is 12.8 Å². The molecular weight excluding hydrogens is 329 g/mol. The standard InChI is InChI=1S/C21H18FN3O/c22-21(13-15-7-2-1-3-8-15)14-17-16(20(23)26)9-6-10-18(17)25(21)19-11-4-5-12-24-19/h1-12H,13-14H2,(H2,23,26). The predicted octanol–water partition coefficient (Wildman–Crippen LogP) is 3.78. The van der Waals surface area contributed by atoms with Crippen molar-refractivity contribution in [3.63, 3.8) is 0 Å². The Morgan fingerprint density at radius 1 is 1.08 bits per heavy atom. The molecule has 0 aliphatic carbocycles. The number of halogens is 1. The maximum atomic E-state index is 16.3. The number of nitrogens with zero attached hydrogens (tertiary/aromatic N) is 2. The van der Waals surface area contributed by atoms with Gasteiger partial charge in [-0.1, -0.05) is 42.5 Å². The molecule has 0 saturated heterocycles. The third-order valence-electron chi connectivity index (χ3n) is 4.70. The molecule has 0 radical (unpaired) electrons. The van der Waals surface area contributed by atoms with E-state index in [4.69, 9.17) is 5.73 Å². The molecule has 4 rings (SSSR count). The molecule has 0 bridgehead atoms. The maximum Gasteiger partial charge on any atom is 0.249 e. The van der Waals surface area contributed by atoms with Crippen LogP contribution in [0.15, 0.2) is 72.9 Å². The monoisotopic (exact) mass is 347 g/mol. The topological polar surface area (TPSA) is 59.2 Å². The van der Waals surface area contributed by atoms with Gasteiger partial charge in [-0.15, -0.1) is 0 Å². The van der Waals surface area contributed by atoms with E-state index in [9.17, 15) is 4.79 Å². The average Bonchev–Trinajstić information content (AvgIpc) is 2.94. The summed E-state index contributed by atoms with van der Waals surface area (Å²) in [6.45, 7) is 0. The van der Waals surface area contributed by atoms with Crippen molar-refractivity contribution in [2.45, 2.75) is 18.6 Å². The van der Waals surface area contributed by atoms with E-state index in [-0.39, 0.29) is 12.8 Å². The first-order valence-electron chi connectivity index (χ1n) is 8.44. The second-order valence-electron chi connectivity index (χ2n) is 6.45. The first-order valence-corrected chi connectivity index (χ1v) is 8.44. The molecule has 0 spiro atoms. The molecule has 2 aromatic carbocycles. The van der Waals surface area contributed by atoms with Gasteiger partial charge in [0.15, 0.2) is 5.79 Å². The largest absolute Gasteiger partial charge is 0.366 e. The van der Waals surface area contributed by atoms with Crippen LogP contribution < -0.4 is 10.6 Å². The summed E-state index contributed by atoms with van der Waals surface area (Å²) in [5.74, 6) is -1.78. The highest BCUT2D eigenvalue weighted by molar-refractivity contribution is 5.97. The molecule has 4 nitrogen and oxygen atoms in total. The lowest BCUT2D eigenvalue weighted by molar-refractivity contribution is 0.0999. The lowest BCUT2D eigenvalue weighted by Gasteiger charge is -2.32. The van der Waals surface area contributed by atoms with Gasteiger partial charge in [-0.3, -0.25) is 9.69 Å². The zero-order valence-corrected chi connectivity index (χ0v) is 14.1. The number of alkyl halides is 1. The lowest BCUT2D eigenvalue weighted by Crippen LogP contribution is -2.42. The molecule has 0 saturated carbocycles. The number of hydrogen-bond acceptors (Lipinski definition) is 3. The summed E-state index contributed by atoms with van der Waals surface area (Å²) in [7, 11) is 0. The molecule has 5 heteroatoms. The molecule has 26 heavy (non-hydrogen) atoms. The second-order valence-corrected chi connectivity index (χ2v) is 6.45. The molecule has 0 fully saturated rings. The van der Waals surface area contributed by atoms with E-state index in [1.54, 1.807) is 35.4 Å². The first kappa shape index (κ1) is 16.3. The van der Waals surface area contributed by atoms with E-state index in [2.05, 4.69) is 4.98 Å². The molecule has 1 aliphatic heterocycles. The fourth-order valence-corrected chi connectivity index (χ4v) is 3.63. The summed E-state index contributed by atoms with van der Waals surface area (Å²) in [6.07, 6.45) is 1.89. The zero-order valence-electron chi connectivity index (χ0n) is 14.1. The fourth-order valence-electron chi connectivity index (χ4n) is 3.63. The smallest absolute Gasteiger partial charge is 0.249 e. The predicted molar refractivity (Wildman–Crippen MR) is 99.0 cm³/mol. The number of aromatic nitrogens is 1. The van der Waals surface area contributed by atoms with Crippen molar-refractivity contribution in [1.29, 1.82) is 0 Å². The van der Waals surface area contributed by atoms with E-state index in [1.807, 2.05) is 42.5 Å². The van der Waals surface area contributed by atoms with Crippen LogP contribution in [0.25, 0.3) is 0 Å². The van der Waals surface area contributed by atoms with Crippen LogP contribution in [0.5, 0.6) is 0 Å². The second kappa shape index (κ2) is 6.26. The Morgan fingerprint density at radius 2 is 1.85 bits per heavy atom. The van der Waals surface area contributed by atoms with Gasteiger partial charge in [0.2, 0.25) is 5.91 Å². The molecule has 2 heterocycles. The number of carbonyl (C=O) groups is 1. The van der Waals surface area contributed by atoms with Crippen molar-refractivity contribution < 1.29 is 9.18 Å². The Bertz CT molecular complexity index is 946. The van der Waals surface area contributed by atoms with Crippen molar-refractivity contribution in [3.05, 3.63) is 89.6 Å². The number of benzene rings is 2. The first-order chi connectivity index (χ1) is 12.6. The minimum absolute atomic E-state index is 0.0763. The molecule has 3 aromatic rings. The third-order valence-corrected chi connectivity index (χ3v) is 4.70. The summed E-state index contributed by atoms with van der Waals surface area (Å²) in [5, 5.41) is 0. The number of amides is 1. The highest BCUT2D eigenvalue weighted by atomic mass is 19.1. The minimum atomic E-state index is -1.73. The van der Waals surface area contributed by atoms with Crippen LogP contribution in [0.3, 0.4) is 0 Å². The van der Waals surface area contributed by atoms with E-state index in [0.29, 0.717) is 22.6 Å². The number of nitrogens with two attached hydrogens (primary N) is 1. The van der Waals surface area contributed by atoms with Crippen molar-refractivity contribution >= 4 is 17.4 Å². The zero-order chi connectivity index (χ0) is 18.1. The van der Waals surface area contributed by atoms with Crippen LogP contribution in [0, 0.1) is 0 Å². The van der Waals surface area contributed by atoms with E-state index >= 15 is 4.39 Å². The van der Waals surface area contributed by atoms with E-state index < -0.39 is 11.7 Å². The molecule has 1 aliphatic rings. The van der Waals surface area contributed by atoms with Gasteiger partial charge in [-0.25, -0.2) is 9.37 Å². The van der Waals surface area contributed by atoms with Crippen LogP contribution in [0.4, 0.5) is 15.9 Å². The van der Waals surface area contributed by atoms with Crippen LogP contribution >= 0.6 is 0 Å².